The molecule has 0 bridgehead atoms. The molecule has 1 aromatic carbocycles. The molecule has 70 valence electrons. The van der Waals surface area contributed by atoms with Gasteiger partial charge in [0.05, 0.1) is 11.4 Å². The molecule has 0 heterocycles. The first-order chi connectivity index (χ1) is 6.06. The molecule has 13 heavy (non-hydrogen) atoms. The average molecular weight is 205 g/mol. The van der Waals surface area contributed by atoms with Gasteiger partial charge >= 0.3 is 0 Å². The van der Waals surface area contributed by atoms with Crippen LogP contribution in [-0.2, 0) is 0 Å². The minimum absolute atomic E-state index is 0.105. The molecule has 0 unspecified atom stereocenters. The predicted octanol–water partition coefficient (Wildman–Crippen LogP) is 2.69. The lowest BCUT2D eigenvalue weighted by Gasteiger charge is -2.02. The summed E-state index contributed by atoms with van der Waals surface area (Å²) in [6.07, 6.45) is 0. The Morgan fingerprint density at radius 3 is 2.62 bits per heavy atom. The summed E-state index contributed by atoms with van der Waals surface area (Å²) >= 11 is 5.22. The molecule has 0 saturated heterocycles. The molecule has 0 aromatic heterocycles. The van der Waals surface area contributed by atoms with Crippen LogP contribution in [0.25, 0.3) is 0 Å². The van der Waals surface area contributed by atoms with Crippen LogP contribution in [0.3, 0.4) is 0 Å². The summed E-state index contributed by atoms with van der Waals surface area (Å²) in [5, 5.41) is 0. The fraction of sp³-hybridized carbons (Fsp3) is 0.222. The summed E-state index contributed by atoms with van der Waals surface area (Å²) < 4.78 is 25.9. The number of carbonyl (C=O) groups is 1. The second-order valence-corrected chi connectivity index (χ2v) is 2.91. The summed E-state index contributed by atoms with van der Waals surface area (Å²) in [5.41, 5.74) is -0.180. The first-order valence-electron chi connectivity index (χ1n) is 3.61. The average Bonchev–Trinajstić information content (AvgIpc) is 2.10. The van der Waals surface area contributed by atoms with Crippen molar-refractivity contribution in [1.29, 1.82) is 0 Å². The topological polar surface area (TPSA) is 17.1 Å². The van der Waals surface area contributed by atoms with Gasteiger partial charge in [-0.15, -0.1) is 11.6 Å². The molecular weight excluding hydrogens is 198 g/mol. The number of hydrogen-bond donors (Lipinski definition) is 0. The summed E-state index contributed by atoms with van der Waals surface area (Å²) in [6.45, 7) is 1.39. The Hall–Kier alpha value is -0.960. The number of benzene rings is 1. The van der Waals surface area contributed by atoms with Crippen LogP contribution in [0.2, 0.25) is 0 Å². The second kappa shape index (κ2) is 3.83. The predicted molar refractivity (Wildman–Crippen MR) is 46.1 cm³/mol. The Morgan fingerprint density at radius 1 is 1.46 bits per heavy atom. The highest BCUT2D eigenvalue weighted by molar-refractivity contribution is 6.30. The maximum atomic E-state index is 13.2. The highest BCUT2D eigenvalue weighted by Gasteiger charge is 2.13. The van der Waals surface area contributed by atoms with Gasteiger partial charge < -0.3 is 0 Å². The zero-order valence-corrected chi connectivity index (χ0v) is 7.66. The van der Waals surface area contributed by atoms with E-state index in [2.05, 4.69) is 0 Å². The van der Waals surface area contributed by atoms with Gasteiger partial charge in [0, 0.05) is 0 Å². The number of halogens is 3. The molecule has 0 aliphatic heterocycles. The normalized spacial score (nSPS) is 10.2. The molecule has 0 saturated carbocycles. The van der Waals surface area contributed by atoms with E-state index in [0.717, 1.165) is 12.1 Å². The smallest absolute Gasteiger partial charge is 0.180 e. The third kappa shape index (κ3) is 2.04. The SMILES string of the molecule is Cc1cc(F)cc(C(=O)CCl)c1F. The van der Waals surface area contributed by atoms with Crippen molar-refractivity contribution in [3.63, 3.8) is 0 Å². The number of rotatable bonds is 2. The van der Waals surface area contributed by atoms with Crippen LogP contribution in [0.1, 0.15) is 15.9 Å². The van der Waals surface area contributed by atoms with E-state index < -0.39 is 17.4 Å². The number of alkyl halides is 1. The number of Topliss-reactive ketones (excluding diaryl/α,β-unsaturated/α-hetero) is 1. The van der Waals surface area contributed by atoms with Crippen molar-refractivity contribution < 1.29 is 13.6 Å². The van der Waals surface area contributed by atoms with Crippen molar-refractivity contribution in [2.24, 2.45) is 0 Å². The highest BCUT2D eigenvalue weighted by Crippen LogP contribution is 2.15. The van der Waals surface area contributed by atoms with Gasteiger partial charge in [-0.1, -0.05) is 0 Å². The van der Waals surface area contributed by atoms with Gasteiger partial charge in [-0.3, -0.25) is 4.79 Å². The fourth-order valence-corrected chi connectivity index (χ4v) is 1.14. The Balaban J connectivity index is 3.28. The molecule has 0 aliphatic carbocycles. The van der Waals surface area contributed by atoms with Crippen molar-refractivity contribution >= 4 is 17.4 Å². The second-order valence-electron chi connectivity index (χ2n) is 2.64. The highest BCUT2D eigenvalue weighted by atomic mass is 35.5. The molecule has 1 nitrogen and oxygen atoms in total. The van der Waals surface area contributed by atoms with Crippen molar-refractivity contribution in [2.45, 2.75) is 6.92 Å². The van der Waals surface area contributed by atoms with Gasteiger partial charge in [0.25, 0.3) is 0 Å². The zero-order valence-electron chi connectivity index (χ0n) is 6.90. The molecule has 0 amide bonds. The van der Waals surface area contributed by atoms with E-state index in [1.807, 2.05) is 0 Å². The Morgan fingerprint density at radius 2 is 2.08 bits per heavy atom. The van der Waals surface area contributed by atoms with Crippen LogP contribution in [0, 0.1) is 18.6 Å². The molecule has 4 heteroatoms. The Labute approximate surface area is 79.3 Å². The van der Waals surface area contributed by atoms with Gasteiger partial charge in [0.2, 0.25) is 0 Å². The lowest BCUT2D eigenvalue weighted by Crippen LogP contribution is -2.05. The van der Waals surface area contributed by atoms with Crippen LogP contribution >= 0.6 is 11.6 Å². The van der Waals surface area contributed by atoms with Crippen LogP contribution in [0.4, 0.5) is 8.78 Å². The van der Waals surface area contributed by atoms with Gasteiger partial charge in [-0.2, -0.15) is 0 Å². The van der Waals surface area contributed by atoms with E-state index in [0.29, 0.717) is 0 Å². The quantitative estimate of drug-likeness (QED) is 0.535. The number of aryl methyl sites for hydroxylation is 1. The minimum atomic E-state index is -0.702. The largest absolute Gasteiger partial charge is 0.293 e. The first-order valence-corrected chi connectivity index (χ1v) is 4.14. The monoisotopic (exact) mass is 204 g/mol. The van der Waals surface area contributed by atoms with Gasteiger partial charge in [0.15, 0.2) is 5.78 Å². The Kier molecular flexibility index (Phi) is 2.98. The van der Waals surface area contributed by atoms with Crippen molar-refractivity contribution in [3.8, 4) is 0 Å². The van der Waals surface area contributed by atoms with E-state index in [1.54, 1.807) is 0 Å². The van der Waals surface area contributed by atoms with Crippen molar-refractivity contribution in [2.75, 3.05) is 5.88 Å². The molecule has 0 radical (unpaired) electrons. The van der Waals surface area contributed by atoms with Crippen molar-refractivity contribution in [1.82, 2.24) is 0 Å². The molecule has 1 rings (SSSR count). The number of carbonyl (C=O) groups excluding carboxylic acids is 1. The lowest BCUT2D eigenvalue weighted by molar-refractivity contribution is 0.101. The maximum absolute atomic E-state index is 13.2. The standard InChI is InChI=1S/C9H7ClF2O/c1-5-2-6(11)3-7(9(5)12)8(13)4-10/h2-3H,4H2,1H3. The van der Waals surface area contributed by atoms with Gasteiger partial charge in [-0.05, 0) is 24.6 Å². The number of hydrogen-bond acceptors (Lipinski definition) is 1. The van der Waals surface area contributed by atoms with E-state index in [4.69, 9.17) is 11.6 Å². The molecule has 1 aromatic rings. The molecular formula is C9H7ClF2O. The van der Waals surface area contributed by atoms with Crippen molar-refractivity contribution in [3.05, 3.63) is 34.9 Å². The van der Waals surface area contributed by atoms with E-state index >= 15 is 0 Å². The third-order valence-corrected chi connectivity index (χ3v) is 1.88. The van der Waals surface area contributed by atoms with Gasteiger partial charge in [-0.25, -0.2) is 8.78 Å². The maximum Gasteiger partial charge on any atom is 0.180 e. The zero-order chi connectivity index (χ0) is 10.0. The number of ketones is 1. The summed E-state index contributed by atoms with van der Waals surface area (Å²) in [7, 11) is 0. The first kappa shape index (κ1) is 10.1. The molecule has 0 spiro atoms. The summed E-state index contributed by atoms with van der Waals surface area (Å²) in [5.74, 6) is -2.29. The molecule has 0 atom stereocenters. The molecule has 0 aliphatic rings. The van der Waals surface area contributed by atoms with E-state index in [9.17, 15) is 13.6 Å². The van der Waals surface area contributed by atoms with Crippen LogP contribution < -0.4 is 0 Å². The van der Waals surface area contributed by atoms with Gasteiger partial charge in [0.1, 0.15) is 11.6 Å². The lowest BCUT2D eigenvalue weighted by atomic mass is 10.1. The van der Waals surface area contributed by atoms with E-state index in [-0.39, 0.29) is 17.0 Å². The minimum Gasteiger partial charge on any atom is -0.293 e. The fourth-order valence-electron chi connectivity index (χ4n) is 1.00. The third-order valence-electron chi connectivity index (χ3n) is 1.64. The summed E-state index contributed by atoms with van der Waals surface area (Å²) in [6, 6.07) is 1.88. The molecule has 0 fully saturated rings. The summed E-state index contributed by atoms with van der Waals surface area (Å²) in [4.78, 5) is 11.0. The van der Waals surface area contributed by atoms with E-state index in [1.165, 1.54) is 6.92 Å². The Bertz CT molecular complexity index is 350. The van der Waals surface area contributed by atoms with Crippen LogP contribution in [0.15, 0.2) is 12.1 Å². The van der Waals surface area contributed by atoms with Crippen LogP contribution in [-0.4, -0.2) is 11.7 Å². The molecule has 0 N–H and O–H groups in total. The van der Waals surface area contributed by atoms with Crippen LogP contribution in [0.5, 0.6) is 0 Å².